The maximum absolute atomic E-state index is 12.7. The highest BCUT2D eigenvalue weighted by Crippen LogP contribution is 2.37. The number of hydrogen-bond acceptors (Lipinski definition) is 2. The molecule has 0 bridgehead atoms. The van der Waals surface area contributed by atoms with Gasteiger partial charge in [0.15, 0.2) is 0 Å². The standard InChI is InChI=1S/C22H20F3N3O/c1-13-20(14(2)28(27-13)12-22(23,24)25)11-21(29)26-17-7-8-19-16(10-17)9-15-5-3-4-6-18(15)19/h3-8,10H,9,11-12H2,1-2H3,(H,26,29). The molecule has 150 valence electrons. The maximum atomic E-state index is 12.7. The molecule has 0 unspecified atom stereocenters. The summed E-state index contributed by atoms with van der Waals surface area (Å²) >= 11 is 0. The molecule has 1 N–H and O–H groups in total. The van der Waals surface area contributed by atoms with Gasteiger partial charge in [0.25, 0.3) is 0 Å². The van der Waals surface area contributed by atoms with Crippen molar-refractivity contribution >= 4 is 11.6 Å². The fourth-order valence-electron chi connectivity index (χ4n) is 3.90. The van der Waals surface area contributed by atoms with E-state index in [-0.39, 0.29) is 12.3 Å². The summed E-state index contributed by atoms with van der Waals surface area (Å²) in [5.74, 6) is -0.279. The smallest absolute Gasteiger partial charge is 0.326 e. The molecule has 0 radical (unpaired) electrons. The number of alkyl halides is 3. The van der Waals surface area contributed by atoms with Crippen molar-refractivity contribution in [3.05, 3.63) is 70.5 Å². The monoisotopic (exact) mass is 399 g/mol. The number of carbonyl (C=O) groups is 1. The van der Waals surface area contributed by atoms with Gasteiger partial charge in [-0.25, -0.2) is 0 Å². The second kappa shape index (κ2) is 7.06. The van der Waals surface area contributed by atoms with E-state index in [0.29, 0.717) is 22.6 Å². The number of anilines is 1. The van der Waals surface area contributed by atoms with E-state index in [9.17, 15) is 18.0 Å². The number of fused-ring (bicyclic) bond motifs is 3. The molecule has 1 aliphatic carbocycles. The SMILES string of the molecule is Cc1nn(CC(F)(F)F)c(C)c1CC(=O)Nc1ccc2c(c1)Cc1ccccc1-2. The van der Waals surface area contributed by atoms with E-state index in [1.807, 2.05) is 30.3 Å². The first-order valence-corrected chi connectivity index (χ1v) is 9.32. The van der Waals surface area contributed by atoms with Crippen LogP contribution in [0.4, 0.5) is 18.9 Å². The van der Waals surface area contributed by atoms with Crippen molar-refractivity contribution in [3.63, 3.8) is 0 Å². The van der Waals surface area contributed by atoms with E-state index in [1.54, 1.807) is 13.8 Å². The predicted octanol–water partition coefficient (Wildman–Crippen LogP) is 4.81. The molecule has 0 saturated carbocycles. The molecular weight excluding hydrogens is 379 g/mol. The topological polar surface area (TPSA) is 46.9 Å². The van der Waals surface area contributed by atoms with Crippen LogP contribution in [0, 0.1) is 13.8 Å². The average molecular weight is 399 g/mol. The van der Waals surface area contributed by atoms with Crippen molar-refractivity contribution < 1.29 is 18.0 Å². The zero-order valence-corrected chi connectivity index (χ0v) is 16.1. The lowest BCUT2D eigenvalue weighted by atomic mass is 10.1. The number of nitrogens with zero attached hydrogens (tertiary/aromatic N) is 2. The Kier molecular flexibility index (Phi) is 4.68. The molecule has 0 atom stereocenters. The molecule has 0 fully saturated rings. The Balaban J connectivity index is 1.48. The van der Waals surface area contributed by atoms with Crippen LogP contribution in [0.15, 0.2) is 42.5 Å². The Morgan fingerprint density at radius 3 is 2.59 bits per heavy atom. The molecule has 3 aromatic rings. The highest BCUT2D eigenvalue weighted by Gasteiger charge is 2.30. The van der Waals surface area contributed by atoms with Crippen LogP contribution in [0.2, 0.25) is 0 Å². The lowest BCUT2D eigenvalue weighted by Gasteiger charge is -2.10. The molecule has 1 heterocycles. The van der Waals surface area contributed by atoms with Crippen LogP contribution >= 0.6 is 0 Å². The Labute approximate surface area is 166 Å². The first-order chi connectivity index (χ1) is 13.7. The third kappa shape index (κ3) is 3.90. The van der Waals surface area contributed by atoms with Gasteiger partial charge in [0.05, 0.1) is 12.1 Å². The number of halogens is 3. The minimum absolute atomic E-state index is 0.0210. The van der Waals surface area contributed by atoms with Gasteiger partial charge < -0.3 is 5.32 Å². The van der Waals surface area contributed by atoms with Crippen LogP contribution in [0.5, 0.6) is 0 Å². The van der Waals surface area contributed by atoms with Crippen molar-refractivity contribution in [2.75, 3.05) is 5.32 Å². The predicted molar refractivity (Wildman–Crippen MR) is 105 cm³/mol. The van der Waals surface area contributed by atoms with Gasteiger partial charge in [0.2, 0.25) is 5.91 Å². The third-order valence-corrected chi connectivity index (χ3v) is 5.28. The van der Waals surface area contributed by atoms with E-state index in [4.69, 9.17) is 0 Å². The lowest BCUT2D eigenvalue weighted by molar-refractivity contribution is -0.142. The zero-order chi connectivity index (χ0) is 20.8. The Bertz CT molecular complexity index is 1100. The fourth-order valence-corrected chi connectivity index (χ4v) is 3.90. The molecule has 0 aliphatic heterocycles. The molecule has 2 aromatic carbocycles. The van der Waals surface area contributed by atoms with Gasteiger partial charge >= 0.3 is 6.18 Å². The number of rotatable bonds is 4. The van der Waals surface area contributed by atoms with Gasteiger partial charge in [-0.15, -0.1) is 0 Å². The summed E-state index contributed by atoms with van der Waals surface area (Å²) in [4.78, 5) is 12.5. The van der Waals surface area contributed by atoms with Crippen molar-refractivity contribution in [3.8, 4) is 11.1 Å². The van der Waals surface area contributed by atoms with Crippen LogP contribution in [0.3, 0.4) is 0 Å². The van der Waals surface area contributed by atoms with Gasteiger partial charge in [-0.3, -0.25) is 9.48 Å². The number of carbonyl (C=O) groups excluding carboxylic acids is 1. The van der Waals surface area contributed by atoms with Crippen LogP contribution in [0.25, 0.3) is 11.1 Å². The lowest BCUT2D eigenvalue weighted by Crippen LogP contribution is -2.20. The molecule has 29 heavy (non-hydrogen) atoms. The normalized spacial score (nSPS) is 12.6. The van der Waals surface area contributed by atoms with Gasteiger partial charge in [-0.2, -0.15) is 18.3 Å². The van der Waals surface area contributed by atoms with Gasteiger partial charge in [-0.1, -0.05) is 30.3 Å². The molecule has 7 heteroatoms. The fraction of sp³-hybridized carbons (Fsp3) is 0.273. The average Bonchev–Trinajstić information content (AvgIpc) is 3.12. The number of benzene rings is 2. The number of amides is 1. The first kappa shape index (κ1) is 19.2. The van der Waals surface area contributed by atoms with E-state index in [0.717, 1.165) is 16.7 Å². The van der Waals surface area contributed by atoms with Crippen LogP contribution in [-0.2, 0) is 24.2 Å². The number of hydrogen-bond donors (Lipinski definition) is 1. The number of aryl methyl sites for hydroxylation is 1. The minimum atomic E-state index is -4.36. The molecule has 0 spiro atoms. The van der Waals surface area contributed by atoms with Gasteiger partial charge in [0, 0.05) is 16.9 Å². The molecule has 1 amide bonds. The Morgan fingerprint density at radius 1 is 1.10 bits per heavy atom. The Morgan fingerprint density at radius 2 is 1.83 bits per heavy atom. The summed E-state index contributed by atoms with van der Waals surface area (Å²) in [6.45, 7) is 2.02. The molecule has 4 rings (SSSR count). The quantitative estimate of drug-likeness (QED) is 0.535. The summed E-state index contributed by atoms with van der Waals surface area (Å²) < 4.78 is 38.9. The summed E-state index contributed by atoms with van der Waals surface area (Å²) in [6, 6.07) is 14.0. The highest BCUT2D eigenvalue weighted by atomic mass is 19.4. The summed E-state index contributed by atoms with van der Waals surface area (Å²) in [6.07, 6.45) is -3.56. The van der Waals surface area contributed by atoms with E-state index >= 15 is 0 Å². The van der Waals surface area contributed by atoms with Crippen LogP contribution in [0.1, 0.15) is 28.1 Å². The molecule has 1 aromatic heterocycles. The van der Waals surface area contributed by atoms with Crippen molar-refractivity contribution in [2.45, 2.75) is 39.4 Å². The molecule has 0 saturated heterocycles. The molecular formula is C22H20F3N3O. The molecule has 1 aliphatic rings. The van der Waals surface area contributed by atoms with E-state index in [2.05, 4.69) is 22.5 Å². The third-order valence-electron chi connectivity index (χ3n) is 5.28. The summed E-state index contributed by atoms with van der Waals surface area (Å²) in [7, 11) is 0. The minimum Gasteiger partial charge on any atom is -0.326 e. The van der Waals surface area contributed by atoms with Gasteiger partial charge in [-0.05, 0) is 54.7 Å². The van der Waals surface area contributed by atoms with Crippen molar-refractivity contribution in [1.82, 2.24) is 9.78 Å². The number of nitrogens with one attached hydrogen (secondary N) is 1. The number of aromatic nitrogens is 2. The summed E-state index contributed by atoms with van der Waals surface area (Å²) in [5.41, 5.74) is 6.79. The second-order valence-corrected chi connectivity index (χ2v) is 7.35. The van der Waals surface area contributed by atoms with E-state index < -0.39 is 12.7 Å². The second-order valence-electron chi connectivity index (χ2n) is 7.35. The maximum Gasteiger partial charge on any atom is 0.408 e. The van der Waals surface area contributed by atoms with E-state index in [1.165, 1.54) is 16.7 Å². The largest absolute Gasteiger partial charge is 0.408 e. The Hall–Kier alpha value is -3.09. The highest BCUT2D eigenvalue weighted by molar-refractivity contribution is 5.93. The first-order valence-electron chi connectivity index (χ1n) is 9.32. The van der Waals surface area contributed by atoms with Crippen LogP contribution in [-0.4, -0.2) is 21.9 Å². The van der Waals surface area contributed by atoms with Gasteiger partial charge in [0.1, 0.15) is 6.54 Å². The van der Waals surface area contributed by atoms with Crippen molar-refractivity contribution in [2.24, 2.45) is 0 Å². The summed E-state index contributed by atoms with van der Waals surface area (Å²) in [5, 5.41) is 6.80. The van der Waals surface area contributed by atoms with Crippen molar-refractivity contribution in [1.29, 1.82) is 0 Å². The zero-order valence-electron chi connectivity index (χ0n) is 16.1. The van der Waals surface area contributed by atoms with Crippen LogP contribution < -0.4 is 5.32 Å². The molecule has 4 nitrogen and oxygen atoms in total.